The summed E-state index contributed by atoms with van der Waals surface area (Å²) in [6.07, 6.45) is 0. The van der Waals surface area contributed by atoms with E-state index in [0.29, 0.717) is 5.69 Å². The zero-order valence-electron chi connectivity index (χ0n) is 6.82. The number of amides is 1. The minimum Gasteiger partial charge on any atom is -0.384 e. The normalized spacial score (nSPS) is 8.69. The molecule has 1 rings (SSSR count). The van der Waals surface area contributed by atoms with Crippen LogP contribution in [0.3, 0.4) is 0 Å². The molecule has 0 aliphatic heterocycles. The summed E-state index contributed by atoms with van der Waals surface area (Å²) < 4.78 is 0. The summed E-state index contributed by atoms with van der Waals surface area (Å²) in [6, 6.07) is 4.77. The van der Waals surface area contributed by atoms with Crippen molar-refractivity contribution < 1.29 is 9.90 Å². The number of hydrogen-bond donors (Lipinski definition) is 2. The van der Waals surface area contributed by atoms with Crippen molar-refractivity contribution in [2.24, 2.45) is 5.73 Å². The van der Waals surface area contributed by atoms with Crippen molar-refractivity contribution in [2.75, 3.05) is 6.61 Å². The van der Waals surface area contributed by atoms with Crippen LogP contribution in [0.25, 0.3) is 0 Å². The molecule has 1 amide bonds. The fourth-order valence-electron chi connectivity index (χ4n) is 0.772. The Labute approximate surface area is 75.4 Å². The predicted octanol–water partition coefficient (Wildman–Crippen LogP) is -0.476. The van der Waals surface area contributed by atoms with Gasteiger partial charge in [0, 0.05) is 0 Å². The van der Waals surface area contributed by atoms with E-state index in [4.69, 9.17) is 10.8 Å². The highest BCUT2D eigenvalue weighted by Gasteiger charge is 2.00. The molecular formula is C9H8N2O2. The molecule has 0 aromatic carbocycles. The highest BCUT2D eigenvalue weighted by atomic mass is 16.2. The van der Waals surface area contributed by atoms with E-state index in [1.165, 1.54) is 6.07 Å². The van der Waals surface area contributed by atoms with Gasteiger partial charge < -0.3 is 10.8 Å². The van der Waals surface area contributed by atoms with E-state index in [1.807, 2.05) is 0 Å². The van der Waals surface area contributed by atoms with Crippen LogP contribution in [0.4, 0.5) is 0 Å². The van der Waals surface area contributed by atoms with Crippen LogP contribution in [0.2, 0.25) is 0 Å². The standard InChI is InChI=1S/C9H8N2O2/c10-9(13)8-5-1-3-7(11-8)4-2-6-12/h1,3,5,12H,6H2,(H2,10,13). The summed E-state index contributed by atoms with van der Waals surface area (Å²) in [5.41, 5.74) is 5.60. The first-order valence-corrected chi connectivity index (χ1v) is 3.60. The van der Waals surface area contributed by atoms with Crippen molar-refractivity contribution in [1.29, 1.82) is 0 Å². The van der Waals surface area contributed by atoms with Gasteiger partial charge in [-0.1, -0.05) is 12.0 Å². The molecule has 0 fully saturated rings. The molecule has 66 valence electrons. The summed E-state index contributed by atoms with van der Waals surface area (Å²) in [4.78, 5) is 14.5. The van der Waals surface area contributed by atoms with Crippen LogP contribution in [0.15, 0.2) is 18.2 Å². The van der Waals surface area contributed by atoms with Crippen molar-refractivity contribution in [3.8, 4) is 11.8 Å². The number of aromatic nitrogens is 1. The second-order valence-corrected chi connectivity index (χ2v) is 2.23. The summed E-state index contributed by atoms with van der Waals surface area (Å²) in [6.45, 7) is -0.234. The van der Waals surface area contributed by atoms with E-state index in [-0.39, 0.29) is 12.3 Å². The molecule has 4 nitrogen and oxygen atoms in total. The van der Waals surface area contributed by atoms with E-state index in [1.54, 1.807) is 12.1 Å². The number of pyridine rings is 1. The molecule has 0 spiro atoms. The SMILES string of the molecule is NC(=O)c1cccc(C#CCO)n1. The number of hydrogen-bond acceptors (Lipinski definition) is 3. The molecule has 1 aromatic rings. The van der Waals surface area contributed by atoms with Gasteiger partial charge in [0.15, 0.2) is 0 Å². The zero-order chi connectivity index (χ0) is 9.68. The van der Waals surface area contributed by atoms with Crippen LogP contribution in [-0.4, -0.2) is 22.6 Å². The Morgan fingerprint density at radius 3 is 3.00 bits per heavy atom. The lowest BCUT2D eigenvalue weighted by atomic mass is 10.3. The third-order valence-corrected chi connectivity index (χ3v) is 1.30. The average molecular weight is 176 g/mol. The molecule has 1 aromatic heterocycles. The maximum Gasteiger partial charge on any atom is 0.267 e. The highest BCUT2D eigenvalue weighted by molar-refractivity contribution is 5.90. The quantitative estimate of drug-likeness (QED) is 0.567. The maximum atomic E-state index is 10.7. The number of carbonyl (C=O) groups is 1. The van der Waals surface area contributed by atoms with Crippen LogP contribution in [0, 0.1) is 11.8 Å². The molecule has 1 heterocycles. The Morgan fingerprint density at radius 1 is 1.62 bits per heavy atom. The maximum absolute atomic E-state index is 10.7. The molecule has 0 aliphatic carbocycles. The number of aliphatic hydroxyl groups excluding tert-OH is 1. The number of nitrogens with zero attached hydrogens (tertiary/aromatic N) is 1. The second-order valence-electron chi connectivity index (χ2n) is 2.23. The summed E-state index contributed by atoms with van der Waals surface area (Å²) in [5, 5.41) is 8.41. The third kappa shape index (κ3) is 2.58. The van der Waals surface area contributed by atoms with E-state index in [0.717, 1.165) is 0 Å². The number of rotatable bonds is 1. The van der Waals surface area contributed by atoms with Crippen molar-refractivity contribution in [2.45, 2.75) is 0 Å². The molecule has 3 N–H and O–H groups in total. The van der Waals surface area contributed by atoms with Gasteiger partial charge in [0.05, 0.1) is 0 Å². The highest BCUT2D eigenvalue weighted by Crippen LogP contribution is 1.96. The van der Waals surface area contributed by atoms with Crippen LogP contribution < -0.4 is 5.73 Å². The molecular weight excluding hydrogens is 168 g/mol. The first-order valence-electron chi connectivity index (χ1n) is 3.60. The van der Waals surface area contributed by atoms with Gasteiger partial charge in [-0.15, -0.1) is 0 Å². The molecule has 13 heavy (non-hydrogen) atoms. The van der Waals surface area contributed by atoms with Crippen LogP contribution in [0.5, 0.6) is 0 Å². The molecule has 0 radical (unpaired) electrons. The van der Waals surface area contributed by atoms with Crippen LogP contribution in [0.1, 0.15) is 16.2 Å². The first-order chi connectivity index (χ1) is 6.24. The molecule has 0 atom stereocenters. The summed E-state index contributed by atoms with van der Waals surface area (Å²) in [5.74, 6) is 4.40. The van der Waals surface area contributed by atoms with Gasteiger partial charge in [0.25, 0.3) is 5.91 Å². The monoisotopic (exact) mass is 176 g/mol. The smallest absolute Gasteiger partial charge is 0.267 e. The van der Waals surface area contributed by atoms with E-state index < -0.39 is 5.91 Å². The third-order valence-electron chi connectivity index (χ3n) is 1.30. The van der Waals surface area contributed by atoms with Gasteiger partial charge in [-0.05, 0) is 18.1 Å². The van der Waals surface area contributed by atoms with Crippen LogP contribution in [-0.2, 0) is 0 Å². The van der Waals surface area contributed by atoms with Gasteiger partial charge in [-0.2, -0.15) is 0 Å². The van der Waals surface area contributed by atoms with Crippen molar-refractivity contribution in [1.82, 2.24) is 4.98 Å². The van der Waals surface area contributed by atoms with Crippen molar-refractivity contribution >= 4 is 5.91 Å². The lowest BCUT2D eigenvalue weighted by Crippen LogP contribution is -2.13. The summed E-state index contributed by atoms with van der Waals surface area (Å²) >= 11 is 0. The average Bonchev–Trinajstić information content (AvgIpc) is 2.15. The topological polar surface area (TPSA) is 76.2 Å². The fraction of sp³-hybridized carbons (Fsp3) is 0.111. The first kappa shape index (κ1) is 9.23. The fourth-order valence-corrected chi connectivity index (χ4v) is 0.772. The minimum atomic E-state index is -0.590. The molecule has 0 saturated heterocycles. The molecule has 4 heteroatoms. The Hall–Kier alpha value is -1.86. The van der Waals surface area contributed by atoms with E-state index in [9.17, 15) is 4.79 Å². The number of nitrogens with two attached hydrogens (primary N) is 1. The number of aliphatic hydroxyl groups is 1. The van der Waals surface area contributed by atoms with Crippen LogP contribution >= 0.6 is 0 Å². The molecule has 0 unspecified atom stereocenters. The molecule has 0 saturated carbocycles. The minimum absolute atomic E-state index is 0.171. The molecule has 0 bridgehead atoms. The van der Waals surface area contributed by atoms with Gasteiger partial charge >= 0.3 is 0 Å². The van der Waals surface area contributed by atoms with Gasteiger partial charge in [-0.25, -0.2) is 4.98 Å². The van der Waals surface area contributed by atoms with Crippen molar-refractivity contribution in [3.63, 3.8) is 0 Å². The number of carbonyl (C=O) groups excluding carboxylic acids is 1. The zero-order valence-corrected chi connectivity index (χ0v) is 6.82. The van der Waals surface area contributed by atoms with Crippen molar-refractivity contribution in [3.05, 3.63) is 29.6 Å². The van der Waals surface area contributed by atoms with E-state index >= 15 is 0 Å². The lowest BCUT2D eigenvalue weighted by Gasteiger charge is -1.93. The van der Waals surface area contributed by atoms with Gasteiger partial charge in [0.2, 0.25) is 0 Å². The Bertz CT molecular complexity index is 377. The van der Waals surface area contributed by atoms with Gasteiger partial charge in [-0.3, -0.25) is 4.79 Å². The van der Waals surface area contributed by atoms with Gasteiger partial charge in [0.1, 0.15) is 18.0 Å². The Kier molecular flexibility index (Phi) is 3.01. The summed E-state index contributed by atoms with van der Waals surface area (Å²) in [7, 11) is 0. The Balaban J connectivity index is 2.98. The molecule has 0 aliphatic rings. The largest absolute Gasteiger partial charge is 0.384 e. The Morgan fingerprint density at radius 2 is 2.38 bits per heavy atom. The predicted molar refractivity (Wildman–Crippen MR) is 46.7 cm³/mol. The second kappa shape index (κ2) is 4.24. The lowest BCUT2D eigenvalue weighted by molar-refractivity contribution is 0.0995. The number of primary amides is 1. The van der Waals surface area contributed by atoms with E-state index in [2.05, 4.69) is 16.8 Å².